The van der Waals surface area contributed by atoms with Crippen molar-refractivity contribution in [2.24, 2.45) is 5.73 Å². The first kappa shape index (κ1) is 19.7. The lowest BCUT2D eigenvalue weighted by molar-refractivity contribution is -0.188. The van der Waals surface area contributed by atoms with Gasteiger partial charge in [0.05, 0.1) is 0 Å². The van der Waals surface area contributed by atoms with Crippen molar-refractivity contribution in [3.63, 3.8) is 0 Å². The second-order valence-electron chi connectivity index (χ2n) is 5.96. The minimum atomic E-state index is -1.70. The van der Waals surface area contributed by atoms with Crippen LogP contribution < -0.4 is 11.1 Å². The average molecular weight is 407 g/mol. The SMILES string of the molecule is COC1(NC(=O)c2ccccc2)C(=O)N2C(C(=O)O)=C(COC(N)=O)CS[C@@H]21. The summed E-state index contributed by atoms with van der Waals surface area (Å²) in [6.45, 7) is -0.350. The van der Waals surface area contributed by atoms with E-state index >= 15 is 0 Å². The molecule has 2 aliphatic heterocycles. The van der Waals surface area contributed by atoms with E-state index in [-0.39, 0.29) is 23.6 Å². The van der Waals surface area contributed by atoms with Crippen molar-refractivity contribution in [2.75, 3.05) is 19.5 Å². The largest absolute Gasteiger partial charge is 0.477 e. The second kappa shape index (κ2) is 7.52. The van der Waals surface area contributed by atoms with E-state index in [0.29, 0.717) is 5.56 Å². The number of carboxylic acid groups (broad SMARTS) is 1. The Hall–Kier alpha value is -3.05. The molecular weight excluding hydrogens is 390 g/mol. The molecule has 1 saturated heterocycles. The lowest BCUT2D eigenvalue weighted by atomic mass is 9.97. The maximum absolute atomic E-state index is 12.9. The van der Waals surface area contributed by atoms with Crippen molar-refractivity contribution < 1.29 is 33.8 Å². The molecule has 0 aliphatic carbocycles. The topological polar surface area (TPSA) is 148 Å². The molecule has 2 heterocycles. The molecule has 1 fully saturated rings. The summed E-state index contributed by atoms with van der Waals surface area (Å²) >= 11 is 1.18. The van der Waals surface area contributed by atoms with Crippen LogP contribution in [0.15, 0.2) is 41.6 Å². The van der Waals surface area contributed by atoms with Crippen LogP contribution in [0, 0.1) is 0 Å². The van der Waals surface area contributed by atoms with Crippen molar-refractivity contribution in [2.45, 2.75) is 11.1 Å². The van der Waals surface area contributed by atoms with Crippen LogP contribution in [0.25, 0.3) is 0 Å². The van der Waals surface area contributed by atoms with E-state index in [1.54, 1.807) is 30.3 Å². The van der Waals surface area contributed by atoms with Gasteiger partial charge in [-0.15, -0.1) is 11.8 Å². The number of nitrogens with one attached hydrogen (secondary N) is 1. The van der Waals surface area contributed by atoms with Crippen LogP contribution in [0.5, 0.6) is 0 Å². The highest BCUT2D eigenvalue weighted by atomic mass is 32.2. The van der Waals surface area contributed by atoms with Crippen molar-refractivity contribution >= 4 is 35.6 Å². The number of primary amides is 1. The Kier molecular flexibility index (Phi) is 5.29. The van der Waals surface area contributed by atoms with Crippen LogP contribution >= 0.6 is 11.8 Å². The van der Waals surface area contributed by atoms with Gasteiger partial charge in [-0.1, -0.05) is 18.2 Å². The zero-order valence-electron chi connectivity index (χ0n) is 14.7. The minimum absolute atomic E-state index is 0.148. The fraction of sp³-hybridized carbons (Fsp3) is 0.294. The molecule has 3 amide bonds. The number of nitrogens with two attached hydrogens (primary N) is 1. The van der Waals surface area contributed by atoms with Crippen molar-refractivity contribution in [3.05, 3.63) is 47.2 Å². The summed E-state index contributed by atoms with van der Waals surface area (Å²) in [5.41, 5.74) is 3.47. The first-order chi connectivity index (χ1) is 13.3. The summed E-state index contributed by atoms with van der Waals surface area (Å²) in [5.74, 6) is -2.47. The number of nitrogens with zero attached hydrogens (tertiary/aromatic N) is 1. The Morgan fingerprint density at radius 1 is 1.36 bits per heavy atom. The van der Waals surface area contributed by atoms with Gasteiger partial charge in [-0.2, -0.15) is 0 Å². The summed E-state index contributed by atoms with van der Waals surface area (Å²) in [5, 5.41) is 11.3. The first-order valence-corrected chi connectivity index (χ1v) is 9.12. The van der Waals surface area contributed by atoms with Crippen LogP contribution in [-0.4, -0.2) is 64.5 Å². The summed E-state index contributed by atoms with van der Waals surface area (Å²) in [7, 11) is 1.26. The number of carbonyl (C=O) groups is 4. The molecule has 0 radical (unpaired) electrons. The maximum Gasteiger partial charge on any atom is 0.404 e. The van der Waals surface area contributed by atoms with Gasteiger partial charge < -0.3 is 25.6 Å². The van der Waals surface area contributed by atoms with Crippen molar-refractivity contribution in [1.29, 1.82) is 0 Å². The smallest absolute Gasteiger partial charge is 0.404 e. The van der Waals surface area contributed by atoms with Gasteiger partial charge in [-0.05, 0) is 12.1 Å². The molecule has 2 aliphatic rings. The molecule has 0 saturated carbocycles. The quantitative estimate of drug-likeness (QED) is 0.444. The molecule has 4 N–H and O–H groups in total. The zero-order valence-corrected chi connectivity index (χ0v) is 15.5. The summed E-state index contributed by atoms with van der Waals surface area (Å²) in [6.07, 6.45) is -1.05. The monoisotopic (exact) mass is 407 g/mol. The number of benzene rings is 1. The standard InChI is InChI=1S/C17H17N3O7S/c1-26-17(19-12(21)9-5-3-2-4-6-9)14(24)20-11(13(22)23)10(7-27-16(18)25)8-28-15(17)20/h2-6,15H,7-8H2,1H3,(H2,18,25)(H,19,21)(H,22,23)/t15-,17?/m1/s1. The molecule has 28 heavy (non-hydrogen) atoms. The molecule has 0 aromatic heterocycles. The molecule has 0 bridgehead atoms. The number of rotatable bonds is 6. The summed E-state index contributed by atoms with van der Waals surface area (Å²) in [4.78, 5) is 48.9. The normalized spacial score (nSPS) is 23.5. The number of hydrogen-bond donors (Lipinski definition) is 3. The van der Waals surface area contributed by atoms with E-state index in [2.05, 4.69) is 10.1 Å². The van der Waals surface area contributed by atoms with Crippen LogP contribution in [0.3, 0.4) is 0 Å². The second-order valence-corrected chi connectivity index (χ2v) is 7.03. The predicted octanol–water partition coefficient (Wildman–Crippen LogP) is 0.108. The van der Waals surface area contributed by atoms with E-state index < -0.39 is 35.0 Å². The van der Waals surface area contributed by atoms with E-state index in [0.717, 1.165) is 4.90 Å². The van der Waals surface area contributed by atoms with Gasteiger partial charge >= 0.3 is 12.1 Å². The highest BCUT2D eigenvalue weighted by molar-refractivity contribution is 8.00. The third-order valence-electron chi connectivity index (χ3n) is 4.36. The Bertz CT molecular complexity index is 873. The van der Waals surface area contributed by atoms with Crippen molar-refractivity contribution in [1.82, 2.24) is 10.2 Å². The molecule has 1 aromatic carbocycles. The van der Waals surface area contributed by atoms with Gasteiger partial charge in [-0.3, -0.25) is 14.5 Å². The molecule has 0 spiro atoms. The Labute approximate surface area is 163 Å². The molecule has 3 rings (SSSR count). The van der Waals surface area contributed by atoms with E-state index in [9.17, 15) is 24.3 Å². The molecule has 2 atom stereocenters. The number of hydrogen-bond acceptors (Lipinski definition) is 7. The van der Waals surface area contributed by atoms with Gasteiger partial charge in [0, 0.05) is 24.0 Å². The number of β-lactam (4-membered cyclic amide) rings is 1. The maximum atomic E-state index is 12.9. The third-order valence-corrected chi connectivity index (χ3v) is 5.73. The zero-order chi connectivity index (χ0) is 20.5. The lowest BCUT2D eigenvalue weighted by Gasteiger charge is -2.55. The van der Waals surface area contributed by atoms with E-state index in [4.69, 9.17) is 10.5 Å². The summed E-state index contributed by atoms with van der Waals surface area (Å²) < 4.78 is 10.0. The molecule has 10 nitrogen and oxygen atoms in total. The fourth-order valence-electron chi connectivity index (χ4n) is 3.04. The number of amides is 3. The van der Waals surface area contributed by atoms with E-state index in [1.807, 2.05) is 0 Å². The van der Waals surface area contributed by atoms with Gasteiger partial charge in [0.25, 0.3) is 17.5 Å². The van der Waals surface area contributed by atoms with Crippen LogP contribution in [-0.2, 0) is 19.1 Å². The fourth-order valence-corrected chi connectivity index (χ4v) is 4.46. The molecule has 11 heteroatoms. The van der Waals surface area contributed by atoms with Crippen LogP contribution in [0.4, 0.5) is 4.79 Å². The van der Waals surface area contributed by atoms with Gasteiger partial charge in [0.1, 0.15) is 17.7 Å². The first-order valence-electron chi connectivity index (χ1n) is 8.07. The Morgan fingerprint density at radius 3 is 2.61 bits per heavy atom. The van der Waals surface area contributed by atoms with Crippen LogP contribution in [0.1, 0.15) is 10.4 Å². The number of ether oxygens (including phenoxy) is 2. The van der Waals surface area contributed by atoms with Gasteiger partial charge in [-0.25, -0.2) is 9.59 Å². The molecule has 1 unspecified atom stereocenters. The Balaban J connectivity index is 1.87. The van der Waals surface area contributed by atoms with Crippen LogP contribution in [0.2, 0.25) is 0 Å². The number of carbonyl (C=O) groups excluding carboxylic acids is 3. The van der Waals surface area contributed by atoms with Gasteiger partial charge in [0.2, 0.25) is 0 Å². The highest BCUT2D eigenvalue weighted by Gasteiger charge is 2.66. The highest BCUT2D eigenvalue weighted by Crippen LogP contribution is 2.46. The van der Waals surface area contributed by atoms with E-state index in [1.165, 1.54) is 18.9 Å². The lowest BCUT2D eigenvalue weighted by Crippen LogP contribution is -2.80. The third kappa shape index (κ3) is 3.18. The predicted molar refractivity (Wildman–Crippen MR) is 96.9 cm³/mol. The van der Waals surface area contributed by atoms with Crippen molar-refractivity contribution in [3.8, 4) is 0 Å². The minimum Gasteiger partial charge on any atom is -0.477 e. The average Bonchev–Trinajstić information content (AvgIpc) is 2.69. The number of methoxy groups -OCH3 is 1. The number of carboxylic acids is 1. The molecular formula is C17H17N3O7S. The Morgan fingerprint density at radius 2 is 2.04 bits per heavy atom. The van der Waals surface area contributed by atoms with Gasteiger partial charge in [0.15, 0.2) is 0 Å². The number of thioether (sulfide) groups is 1. The number of fused-ring (bicyclic) bond motifs is 1. The molecule has 148 valence electrons. The molecule has 1 aromatic rings. The number of aliphatic carboxylic acids is 1. The summed E-state index contributed by atoms with van der Waals surface area (Å²) in [6, 6.07) is 8.25.